The number of ether oxygens (including phenoxy) is 3. The number of carbonyl (C=O) groups excluding carboxylic acids is 3. The molecule has 21 heteroatoms. The van der Waals surface area contributed by atoms with Crippen LogP contribution in [0.1, 0.15) is 174 Å². The molecule has 1 fully saturated rings. The van der Waals surface area contributed by atoms with Crippen molar-refractivity contribution in [3.05, 3.63) is 108 Å². The average molecular weight is 1110 g/mol. The zero-order chi connectivity index (χ0) is 55.7. The molecule has 1 aliphatic heterocycles. The number of unbranched alkanes of at least 4 members (excludes halogenated alkanes) is 13. The van der Waals surface area contributed by atoms with E-state index in [0.717, 1.165) is 87.8 Å². The van der Waals surface area contributed by atoms with Gasteiger partial charge in [0.25, 0.3) is 0 Å². The second-order valence-corrected chi connectivity index (χ2v) is 21.4. The van der Waals surface area contributed by atoms with Crippen molar-refractivity contribution < 1.29 is 71.1 Å². The molecule has 0 bridgehead atoms. The number of anilines is 1. The van der Waals surface area contributed by atoms with Gasteiger partial charge in [-0.25, -0.2) is 13.9 Å². The molecule has 19 nitrogen and oxygen atoms in total. The first-order valence-electron chi connectivity index (χ1n) is 27.1. The van der Waals surface area contributed by atoms with Crippen molar-refractivity contribution in [3.63, 3.8) is 0 Å². The van der Waals surface area contributed by atoms with E-state index in [4.69, 9.17) is 29.0 Å². The summed E-state index contributed by atoms with van der Waals surface area (Å²) < 4.78 is 56.6. The van der Waals surface area contributed by atoms with Crippen molar-refractivity contribution in [2.24, 2.45) is 0 Å². The number of nitrogens with two attached hydrogens (primary N) is 1. The van der Waals surface area contributed by atoms with E-state index in [1.807, 2.05) is 12.2 Å². The van der Waals surface area contributed by atoms with Crippen LogP contribution >= 0.6 is 15.6 Å². The van der Waals surface area contributed by atoms with Gasteiger partial charge in [0.2, 0.25) is 0 Å². The molecule has 0 saturated carbocycles. The first kappa shape index (κ1) is 67.7. The second kappa shape index (κ2) is 41.7. The number of rotatable bonds is 44. The van der Waals surface area contributed by atoms with Gasteiger partial charge in [-0.05, 0) is 89.2 Å². The average Bonchev–Trinajstić information content (AvgIpc) is 3.65. The molecule has 1 aliphatic rings. The minimum atomic E-state index is -5.48. The van der Waals surface area contributed by atoms with Gasteiger partial charge in [0, 0.05) is 25.5 Å². The third-order valence-corrected chi connectivity index (χ3v) is 14.3. The van der Waals surface area contributed by atoms with E-state index in [1.165, 1.54) is 57.1 Å². The van der Waals surface area contributed by atoms with Crippen molar-refractivity contribution in [1.29, 1.82) is 0 Å². The zero-order valence-corrected chi connectivity index (χ0v) is 46.6. The summed E-state index contributed by atoms with van der Waals surface area (Å²) in [4.78, 5) is 74.4. The van der Waals surface area contributed by atoms with Gasteiger partial charge in [-0.1, -0.05) is 151 Å². The Hall–Kier alpha value is -4.39. The number of esters is 2. The summed E-state index contributed by atoms with van der Waals surface area (Å²) in [6.45, 7) is 1.86. The molecular formula is C55H87N3O16P2. The molecule has 0 aromatic carbocycles. The number of phosphoric ester groups is 2. The third kappa shape index (κ3) is 33.7. The van der Waals surface area contributed by atoms with E-state index in [-0.39, 0.29) is 37.3 Å². The molecule has 2 heterocycles. The molecule has 0 spiro atoms. The lowest BCUT2D eigenvalue weighted by atomic mass is 10.1. The van der Waals surface area contributed by atoms with Gasteiger partial charge in [0.15, 0.2) is 18.1 Å². The summed E-state index contributed by atoms with van der Waals surface area (Å²) in [6, 6.07) is 1.23. The molecule has 0 radical (unpaired) electrons. The topological polar surface area (TPSA) is 283 Å². The number of hydrogen-bond acceptors (Lipinski definition) is 16. The van der Waals surface area contributed by atoms with Crippen LogP contribution in [0.2, 0.25) is 0 Å². The Labute approximate surface area is 450 Å². The van der Waals surface area contributed by atoms with Gasteiger partial charge < -0.3 is 39.9 Å². The van der Waals surface area contributed by atoms with Gasteiger partial charge in [-0.15, -0.1) is 0 Å². The molecule has 1 aromatic rings. The lowest BCUT2D eigenvalue weighted by Gasteiger charge is -2.21. The quantitative estimate of drug-likeness (QED) is 0.0101. The largest absolute Gasteiger partial charge is 0.481 e. The van der Waals surface area contributed by atoms with Crippen LogP contribution in [0.3, 0.4) is 0 Å². The van der Waals surface area contributed by atoms with Gasteiger partial charge >= 0.3 is 33.3 Å². The Bertz CT molecular complexity index is 2170. The summed E-state index contributed by atoms with van der Waals surface area (Å²) in [5.74, 6) is -1.79. The number of ketones is 1. The standard InChI is InChI=1S/C55H87N3O16P2/c1-3-5-7-9-11-13-15-17-18-19-20-21-22-23-25-27-29-31-33-35-39-51(61)72-47(43-69-50(60)40-36-38-46(59)37-34-32-30-28-26-24-16-14-12-10-8-6-4-2)44-70-75(65,66)74-76(67,68)71-45-48-52(62)53(63)54(73-48)58-42-41-49(56)57-55(58)64/h12-15,18-19,21-22,24,26,30,32,34,37,41-42,47-48,52-54,62-63H,3-11,16-17,20,23,25,27-29,31,33,35-36,38-40,43-45H2,1-2H3,(H,65,66)(H,67,68)(H2,56,57,64)/b14-12-,15-13-,19-18-,22-21-,26-24-,32-30-,37-34+/t47-,48-,52-,53-,54-/m1/s1. The van der Waals surface area contributed by atoms with Crippen molar-refractivity contribution in [1.82, 2.24) is 9.55 Å². The monoisotopic (exact) mass is 1110 g/mol. The summed E-state index contributed by atoms with van der Waals surface area (Å²) in [6.07, 6.45) is 42.3. The molecule has 6 N–H and O–H groups in total. The number of carbonyl (C=O) groups is 3. The molecule has 76 heavy (non-hydrogen) atoms. The van der Waals surface area contributed by atoms with Crippen molar-refractivity contribution in [3.8, 4) is 0 Å². The highest BCUT2D eigenvalue weighted by molar-refractivity contribution is 7.61. The molecule has 2 unspecified atom stereocenters. The fourth-order valence-electron chi connectivity index (χ4n) is 7.45. The Balaban J connectivity index is 1.84. The number of aliphatic hydroxyl groups is 2. The van der Waals surface area contributed by atoms with Crippen molar-refractivity contribution >= 4 is 39.2 Å². The maximum Gasteiger partial charge on any atom is 0.481 e. The fraction of sp³-hybridized carbons (Fsp3) is 0.618. The molecule has 2 rings (SSSR count). The normalized spacial score (nSPS) is 19.3. The first-order chi connectivity index (χ1) is 36.6. The summed E-state index contributed by atoms with van der Waals surface area (Å²) >= 11 is 0. The van der Waals surface area contributed by atoms with Crippen LogP contribution in [0.5, 0.6) is 0 Å². The molecule has 1 saturated heterocycles. The van der Waals surface area contributed by atoms with Gasteiger partial charge in [-0.2, -0.15) is 9.29 Å². The van der Waals surface area contributed by atoms with Crippen LogP contribution in [0, 0.1) is 0 Å². The van der Waals surface area contributed by atoms with E-state index in [0.29, 0.717) is 6.42 Å². The summed E-state index contributed by atoms with van der Waals surface area (Å²) in [5, 5.41) is 20.9. The third-order valence-electron chi connectivity index (χ3n) is 11.7. The summed E-state index contributed by atoms with van der Waals surface area (Å²) in [5.41, 5.74) is 4.57. The highest BCUT2D eigenvalue weighted by Gasteiger charge is 2.46. The molecule has 0 aliphatic carbocycles. The minimum absolute atomic E-state index is 0.0189. The number of nitrogen functional groups attached to an aromatic ring is 1. The van der Waals surface area contributed by atoms with Crippen LogP contribution in [-0.2, 0) is 51.1 Å². The first-order valence-corrected chi connectivity index (χ1v) is 30.0. The second-order valence-electron chi connectivity index (χ2n) is 18.4. The number of nitrogens with zero attached hydrogens (tertiary/aromatic N) is 2. The van der Waals surface area contributed by atoms with Crippen molar-refractivity contribution in [2.75, 3.05) is 25.6 Å². The maximum atomic E-state index is 12.9. The van der Waals surface area contributed by atoms with Gasteiger partial charge in [-0.3, -0.25) is 28.0 Å². The maximum absolute atomic E-state index is 12.9. The van der Waals surface area contributed by atoms with E-state index in [1.54, 1.807) is 12.2 Å². The Kier molecular flexibility index (Phi) is 37.1. The molecule has 7 atom stereocenters. The number of allylic oxidation sites excluding steroid dienone is 14. The number of phosphoric acid groups is 2. The fourth-order valence-corrected chi connectivity index (χ4v) is 9.56. The predicted molar refractivity (Wildman–Crippen MR) is 293 cm³/mol. The van der Waals surface area contributed by atoms with E-state index in [9.17, 15) is 48.3 Å². The van der Waals surface area contributed by atoms with E-state index < -0.39 is 83.7 Å². The van der Waals surface area contributed by atoms with E-state index in [2.05, 4.69) is 77.8 Å². The highest BCUT2D eigenvalue weighted by atomic mass is 31.3. The molecule has 1 aromatic heterocycles. The minimum Gasteiger partial charge on any atom is -0.462 e. The number of aliphatic hydroxyl groups excluding tert-OH is 2. The molecule has 0 amide bonds. The van der Waals surface area contributed by atoms with Gasteiger partial charge in [0.05, 0.1) is 13.2 Å². The van der Waals surface area contributed by atoms with Crippen molar-refractivity contribution in [2.45, 2.75) is 199 Å². The smallest absolute Gasteiger partial charge is 0.462 e. The Morgan fingerprint density at radius 2 is 1.20 bits per heavy atom. The number of aromatic nitrogens is 2. The highest BCUT2D eigenvalue weighted by Crippen LogP contribution is 2.60. The zero-order valence-electron chi connectivity index (χ0n) is 44.8. The van der Waals surface area contributed by atoms with Crippen LogP contribution in [0.4, 0.5) is 5.82 Å². The van der Waals surface area contributed by atoms with E-state index >= 15 is 0 Å². The lowest BCUT2D eigenvalue weighted by molar-refractivity contribution is -0.161. The van der Waals surface area contributed by atoms with Crippen LogP contribution in [0.25, 0.3) is 0 Å². The van der Waals surface area contributed by atoms with Gasteiger partial charge in [0.1, 0.15) is 30.7 Å². The Morgan fingerprint density at radius 1 is 0.671 bits per heavy atom. The van der Waals surface area contributed by atoms with Crippen LogP contribution in [-0.4, -0.2) is 91.5 Å². The summed E-state index contributed by atoms with van der Waals surface area (Å²) in [7, 11) is -11.0. The SMILES string of the molecule is CCCCC/C=C\C/C=C\C/C=C\C=C\C(=O)CCCC(=O)OC[C@H](COP(=O)(O)OP(=O)(O)OC[C@H]1O[C@@H](n2ccc(N)nc2=O)[C@H](O)[C@@H]1O)OC(=O)CCCCCCCC/C=C\C/C=C\C/C=C\CCCCCC. The van der Waals surface area contributed by atoms with Crippen LogP contribution < -0.4 is 11.4 Å². The predicted octanol–water partition coefficient (Wildman–Crippen LogP) is 11.0. The Morgan fingerprint density at radius 3 is 1.82 bits per heavy atom. The number of hydrogen-bond donors (Lipinski definition) is 5. The lowest BCUT2D eigenvalue weighted by Crippen LogP contribution is -2.36. The molecular weight excluding hydrogens is 1020 g/mol. The molecule has 428 valence electrons. The van der Waals surface area contributed by atoms with Crippen LogP contribution in [0.15, 0.2) is 102 Å².